The molecule has 5 nitrogen and oxygen atoms in total. The molecular weight excluding hydrogens is 220 g/mol. The molecule has 5 heteroatoms. The van der Waals surface area contributed by atoms with Gasteiger partial charge >= 0.3 is 12.0 Å². The zero-order valence-electron chi connectivity index (χ0n) is 10.8. The Bertz CT molecular complexity index is 289. The Labute approximate surface area is 102 Å². The van der Waals surface area contributed by atoms with E-state index in [-0.39, 0.29) is 12.1 Å². The molecule has 1 saturated carbocycles. The van der Waals surface area contributed by atoms with Crippen molar-refractivity contribution < 1.29 is 14.7 Å². The van der Waals surface area contributed by atoms with Gasteiger partial charge in [-0.2, -0.15) is 0 Å². The number of rotatable bonds is 6. The summed E-state index contributed by atoms with van der Waals surface area (Å²) in [5, 5.41) is 11.6. The van der Waals surface area contributed by atoms with Crippen molar-refractivity contribution in [2.75, 3.05) is 13.1 Å². The third-order valence-corrected chi connectivity index (χ3v) is 3.34. The SMILES string of the molecule is CCN(CC1CC1)C(=O)NC(C)C(C)C(=O)O. The van der Waals surface area contributed by atoms with Crippen LogP contribution in [0.3, 0.4) is 0 Å². The zero-order valence-corrected chi connectivity index (χ0v) is 10.8. The maximum Gasteiger partial charge on any atom is 0.317 e. The monoisotopic (exact) mass is 242 g/mol. The normalized spacial score (nSPS) is 18.3. The van der Waals surface area contributed by atoms with Crippen LogP contribution in [0.15, 0.2) is 0 Å². The summed E-state index contributed by atoms with van der Waals surface area (Å²) in [5.41, 5.74) is 0. The lowest BCUT2D eigenvalue weighted by atomic mass is 10.0. The highest BCUT2D eigenvalue weighted by molar-refractivity contribution is 5.76. The molecule has 1 fully saturated rings. The number of urea groups is 1. The van der Waals surface area contributed by atoms with Crippen molar-refractivity contribution in [1.82, 2.24) is 10.2 Å². The van der Waals surface area contributed by atoms with Crippen LogP contribution in [0.1, 0.15) is 33.6 Å². The highest BCUT2D eigenvalue weighted by atomic mass is 16.4. The van der Waals surface area contributed by atoms with Crippen LogP contribution in [0.4, 0.5) is 4.79 Å². The maximum atomic E-state index is 11.9. The van der Waals surface area contributed by atoms with E-state index < -0.39 is 11.9 Å². The van der Waals surface area contributed by atoms with Crippen molar-refractivity contribution in [3.05, 3.63) is 0 Å². The highest BCUT2D eigenvalue weighted by Crippen LogP contribution is 2.29. The molecule has 0 radical (unpaired) electrons. The summed E-state index contributed by atoms with van der Waals surface area (Å²) in [6.45, 7) is 6.71. The fourth-order valence-electron chi connectivity index (χ4n) is 1.59. The van der Waals surface area contributed by atoms with E-state index in [4.69, 9.17) is 5.11 Å². The molecule has 1 aliphatic carbocycles. The number of carbonyl (C=O) groups excluding carboxylic acids is 1. The Morgan fingerprint density at radius 3 is 2.41 bits per heavy atom. The molecule has 0 aliphatic heterocycles. The molecule has 2 amide bonds. The molecule has 1 rings (SSSR count). The minimum absolute atomic E-state index is 0.153. The molecule has 2 unspecified atom stereocenters. The summed E-state index contributed by atoms with van der Waals surface area (Å²) in [6, 6.07) is -0.506. The Balaban J connectivity index is 2.42. The van der Waals surface area contributed by atoms with E-state index in [1.165, 1.54) is 12.8 Å². The van der Waals surface area contributed by atoms with Gasteiger partial charge in [-0.3, -0.25) is 4.79 Å². The van der Waals surface area contributed by atoms with Gasteiger partial charge in [-0.15, -0.1) is 0 Å². The van der Waals surface area contributed by atoms with Crippen LogP contribution in [0.2, 0.25) is 0 Å². The van der Waals surface area contributed by atoms with E-state index in [1.807, 2.05) is 6.92 Å². The first kappa shape index (κ1) is 13.8. The molecule has 0 aromatic heterocycles. The number of carboxylic acids is 1. The van der Waals surface area contributed by atoms with Crippen molar-refractivity contribution in [3.8, 4) is 0 Å². The van der Waals surface area contributed by atoms with Gasteiger partial charge in [-0.1, -0.05) is 0 Å². The van der Waals surface area contributed by atoms with Gasteiger partial charge in [-0.05, 0) is 39.5 Å². The summed E-state index contributed by atoms with van der Waals surface area (Å²) in [5.74, 6) is -0.811. The number of hydrogen-bond acceptors (Lipinski definition) is 2. The second kappa shape index (κ2) is 5.89. The topological polar surface area (TPSA) is 69.6 Å². The van der Waals surface area contributed by atoms with Gasteiger partial charge in [0, 0.05) is 19.1 Å². The summed E-state index contributed by atoms with van der Waals surface area (Å²) in [6.07, 6.45) is 2.40. The number of aliphatic carboxylic acids is 1. The van der Waals surface area contributed by atoms with E-state index in [0.717, 1.165) is 6.54 Å². The third-order valence-electron chi connectivity index (χ3n) is 3.34. The van der Waals surface area contributed by atoms with Crippen LogP contribution in [0.25, 0.3) is 0 Å². The van der Waals surface area contributed by atoms with Crippen LogP contribution >= 0.6 is 0 Å². The molecule has 1 aliphatic rings. The van der Waals surface area contributed by atoms with Crippen molar-refractivity contribution in [2.45, 2.75) is 39.7 Å². The van der Waals surface area contributed by atoms with Crippen LogP contribution in [0.5, 0.6) is 0 Å². The maximum absolute atomic E-state index is 11.9. The molecule has 0 aromatic rings. The van der Waals surface area contributed by atoms with Crippen LogP contribution in [0, 0.1) is 11.8 Å². The van der Waals surface area contributed by atoms with Gasteiger partial charge in [-0.25, -0.2) is 4.79 Å². The molecule has 17 heavy (non-hydrogen) atoms. The van der Waals surface area contributed by atoms with E-state index >= 15 is 0 Å². The van der Waals surface area contributed by atoms with Crippen LogP contribution in [-0.4, -0.2) is 41.1 Å². The molecule has 0 bridgehead atoms. The van der Waals surface area contributed by atoms with E-state index in [0.29, 0.717) is 12.5 Å². The number of nitrogens with zero attached hydrogens (tertiary/aromatic N) is 1. The van der Waals surface area contributed by atoms with Crippen LogP contribution in [-0.2, 0) is 4.79 Å². The highest BCUT2D eigenvalue weighted by Gasteiger charge is 2.28. The van der Waals surface area contributed by atoms with Crippen molar-refractivity contribution in [1.29, 1.82) is 0 Å². The summed E-state index contributed by atoms with van der Waals surface area (Å²) in [4.78, 5) is 24.4. The Kier molecular flexibility index (Phi) is 4.78. The average Bonchev–Trinajstić information content (AvgIpc) is 3.07. The molecule has 0 saturated heterocycles. The second-order valence-corrected chi connectivity index (χ2v) is 4.85. The summed E-state index contributed by atoms with van der Waals surface area (Å²) < 4.78 is 0. The van der Waals surface area contributed by atoms with Crippen molar-refractivity contribution in [3.63, 3.8) is 0 Å². The minimum Gasteiger partial charge on any atom is -0.481 e. The number of nitrogens with one attached hydrogen (secondary N) is 1. The Morgan fingerprint density at radius 2 is 2.00 bits per heavy atom. The van der Waals surface area contributed by atoms with Crippen LogP contribution < -0.4 is 5.32 Å². The van der Waals surface area contributed by atoms with Gasteiger partial charge in [0.2, 0.25) is 0 Å². The number of carboxylic acid groups (broad SMARTS) is 1. The molecule has 98 valence electrons. The molecule has 2 N–H and O–H groups in total. The zero-order chi connectivity index (χ0) is 13.0. The largest absolute Gasteiger partial charge is 0.481 e. The standard InChI is InChI=1S/C12H22N2O3/c1-4-14(7-10-5-6-10)12(17)13-9(3)8(2)11(15)16/h8-10H,4-7H2,1-3H3,(H,13,17)(H,15,16). The van der Waals surface area contributed by atoms with Gasteiger partial charge in [0.15, 0.2) is 0 Å². The Hall–Kier alpha value is -1.26. The smallest absolute Gasteiger partial charge is 0.317 e. The quantitative estimate of drug-likeness (QED) is 0.742. The average molecular weight is 242 g/mol. The van der Waals surface area contributed by atoms with Gasteiger partial charge in [0.1, 0.15) is 0 Å². The molecule has 0 heterocycles. The van der Waals surface area contributed by atoms with E-state index in [9.17, 15) is 9.59 Å². The lowest BCUT2D eigenvalue weighted by Crippen LogP contribution is -2.47. The number of amides is 2. The van der Waals surface area contributed by atoms with E-state index in [1.54, 1.807) is 18.7 Å². The van der Waals surface area contributed by atoms with Gasteiger partial charge < -0.3 is 15.3 Å². The predicted molar refractivity (Wildman–Crippen MR) is 64.8 cm³/mol. The first-order valence-corrected chi connectivity index (χ1v) is 6.24. The number of carbonyl (C=O) groups is 2. The predicted octanol–water partition coefficient (Wildman–Crippen LogP) is 1.54. The number of hydrogen-bond donors (Lipinski definition) is 2. The summed E-state index contributed by atoms with van der Waals surface area (Å²) in [7, 11) is 0. The molecule has 2 atom stereocenters. The first-order chi connectivity index (χ1) is 7.95. The first-order valence-electron chi connectivity index (χ1n) is 6.24. The fourth-order valence-corrected chi connectivity index (χ4v) is 1.59. The van der Waals surface area contributed by atoms with Crippen molar-refractivity contribution in [2.24, 2.45) is 11.8 Å². The summed E-state index contributed by atoms with van der Waals surface area (Å²) >= 11 is 0. The van der Waals surface area contributed by atoms with E-state index in [2.05, 4.69) is 5.32 Å². The molecular formula is C12H22N2O3. The fraction of sp³-hybridized carbons (Fsp3) is 0.833. The van der Waals surface area contributed by atoms with Gasteiger partial charge in [0.25, 0.3) is 0 Å². The lowest BCUT2D eigenvalue weighted by Gasteiger charge is -2.25. The van der Waals surface area contributed by atoms with Crippen molar-refractivity contribution >= 4 is 12.0 Å². The third kappa shape index (κ3) is 4.24. The lowest BCUT2D eigenvalue weighted by molar-refractivity contribution is -0.141. The minimum atomic E-state index is -0.886. The van der Waals surface area contributed by atoms with Gasteiger partial charge in [0.05, 0.1) is 5.92 Å². The Morgan fingerprint density at radius 1 is 1.41 bits per heavy atom. The second-order valence-electron chi connectivity index (χ2n) is 4.85. The molecule has 0 spiro atoms. The molecule has 0 aromatic carbocycles.